The van der Waals surface area contributed by atoms with Crippen LogP contribution < -0.4 is 14.2 Å². The molecule has 0 aliphatic heterocycles. The van der Waals surface area contributed by atoms with Gasteiger partial charge in [0.05, 0.1) is 24.8 Å². The molecule has 8 nitrogen and oxygen atoms in total. The fourth-order valence-electron chi connectivity index (χ4n) is 2.97. The quantitative estimate of drug-likeness (QED) is 0.412. The average Bonchev–Trinajstić information content (AvgIpc) is 3.41. The molecular weight excluding hydrogens is 457 g/mol. The van der Waals surface area contributed by atoms with E-state index in [1.54, 1.807) is 19.1 Å². The van der Waals surface area contributed by atoms with Crippen LogP contribution in [0.2, 0.25) is 0 Å². The minimum atomic E-state index is -3.95. The molecule has 0 saturated carbocycles. The van der Waals surface area contributed by atoms with Crippen molar-refractivity contribution in [2.45, 2.75) is 11.8 Å². The van der Waals surface area contributed by atoms with Crippen LogP contribution in [0.5, 0.6) is 11.5 Å². The molecular formula is C21H18FN3O5S2. The van der Waals surface area contributed by atoms with E-state index in [4.69, 9.17) is 14.0 Å². The molecule has 0 aliphatic rings. The van der Waals surface area contributed by atoms with Crippen molar-refractivity contribution in [1.82, 2.24) is 10.1 Å². The Morgan fingerprint density at radius 3 is 2.50 bits per heavy atom. The third kappa shape index (κ3) is 4.30. The SMILES string of the molecule is COc1ccc(OC)c(NS(=O)(=O)c2cc(-c3nc(-c4ccc(F)cc4)no3)sc2C)c1. The van der Waals surface area contributed by atoms with Crippen LogP contribution in [0.1, 0.15) is 4.88 Å². The number of methoxy groups -OCH3 is 2. The lowest BCUT2D eigenvalue weighted by atomic mass is 10.2. The molecule has 166 valence electrons. The molecule has 11 heteroatoms. The summed E-state index contributed by atoms with van der Waals surface area (Å²) in [5.74, 6) is 0.891. The molecule has 0 spiro atoms. The van der Waals surface area contributed by atoms with E-state index in [1.165, 1.54) is 62.0 Å². The van der Waals surface area contributed by atoms with Crippen molar-refractivity contribution in [3.05, 3.63) is 59.2 Å². The zero-order valence-electron chi connectivity index (χ0n) is 17.2. The molecule has 2 aromatic carbocycles. The minimum Gasteiger partial charge on any atom is -0.497 e. The fourth-order valence-corrected chi connectivity index (χ4v) is 5.55. The summed E-state index contributed by atoms with van der Waals surface area (Å²) >= 11 is 1.20. The molecule has 0 unspecified atom stereocenters. The largest absolute Gasteiger partial charge is 0.497 e. The van der Waals surface area contributed by atoms with Gasteiger partial charge in [-0.1, -0.05) is 5.16 Å². The van der Waals surface area contributed by atoms with Gasteiger partial charge in [-0.2, -0.15) is 4.98 Å². The van der Waals surface area contributed by atoms with Crippen molar-refractivity contribution in [1.29, 1.82) is 0 Å². The minimum absolute atomic E-state index is 0.0731. The van der Waals surface area contributed by atoms with Crippen LogP contribution in [0.4, 0.5) is 10.1 Å². The summed E-state index contributed by atoms with van der Waals surface area (Å²) in [4.78, 5) is 5.41. The van der Waals surface area contributed by atoms with Crippen LogP contribution in [0.3, 0.4) is 0 Å². The third-order valence-corrected chi connectivity index (χ3v) is 7.21. The topological polar surface area (TPSA) is 104 Å². The number of rotatable bonds is 7. The normalized spacial score (nSPS) is 11.4. The molecule has 32 heavy (non-hydrogen) atoms. The number of ether oxygens (including phenoxy) is 2. The van der Waals surface area contributed by atoms with Crippen LogP contribution >= 0.6 is 11.3 Å². The molecule has 0 aliphatic carbocycles. The maximum atomic E-state index is 13.1. The third-order valence-electron chi connectivity index (χ3n) is 4.55. The monoisotopic (exact) mass is 475 g/mol. The lowest BCUT2D eigenvalue weighted by Gasteiger charge is -2.13. The second kappa shape index (κ2) is 8.60. The lowest BCUT2D eigenvalue weighted by molar-refractivity contribution is 0.405. The summed E-state index contributed by atoms with van der Waals surface area (Å²) in [5, 5.41) is 3.91. The molecule has 0 bridgehead atoms. The first-order chi connectivity index (χ1) is 15.3. The molecule has 4 rings (SSSR count). The van der Waals surface area contributed by atoms with Crippen molar-refractivity contribution >= 4 is 27.0 Å². The van der Waals surface area contributed by atoms with Gasteiger partial charge >= 0.3 is 0 Å². The maximum absolute atomic E-state index is 13.1. The van der Waals surface area contributed by atoms with Crippen molar-refractivity contribution in [2.24, 2.45) is 0 Å². The van der Waals surface area contributed by atoms with E-state index in [0.717, 1.165) is 0 Å². The molecule has 1 N–H and O–H groups in total. The number of thiophene rings is 1. The van der Waals surface area contributed by atoms with Crippen LogP contribution in [0, 0.1) is 12.7 Å². The van der Waals surface area contributed by atoms with E-state index in [9.17, 15) is 12.8 Å². The van der Waals surface area contributed by atoms with Crippen molar-refractivity contribution < 1.29 is 26.8 Å². The van der Waals surface area contributed by atoms with Crippen LogP contribution in [0.25, 0.3) is 22.2 Å². The van der Waals surface area contributed by atoms with Gasteiger partial charge in [-0.05, 0) is 49.4 Å². The van der Waals surface area contributed by atoms with Crippen molar-refractivity contribution in [3.63, 3.8) is 0 Å². The standard InChI is InChI=1S/C21H18FN3O5S2/c1-12-19(32(26,27)25-16-10-15(28-2)8-9-17(16)29-3)11-18(31-12)21-23-20(24-30-21)13-4-6-14(22)7-5-13/h4-11,25H,1-3H3. The van der Waals surface area contributed by atoms with Crippen molar-refractivity contribution in [3.8, 4) is 33.7 Å². The number of sulfonamides is 1. The highest BCUT2D eigenvalue weighted by atomic mass is 32.2. The number of hydrogen-bond donors (Lipinski definition) is 1. The number of halogens is 1. The molecule has 4 aromatic rings. The van der Waals surface area contributed by atoms with E-state index in [0.29, 0.717) is 26.8 Å². The summed E-state index contributed by atoms with van der Waals surface area (Å²) in [6.07, 6.45) is 0. The Hall–Kier alpha value is -3.44. The molecule has 0 atom stereocenters. The van der Waals surface area contributed by atoms with Crippen LogP contribution in [0.15, 0.2) is 57.9 Å². The first-order valence-electron chi connectivity index (χ1n) is 9.26. The highest BCUT2D eigenvalue weighted by molar-refractivity contribution is 7.93. The Kier molecular flexibility index (Phi) is 5.85. The summed E-state index contributed by atoms with van der Waals surface area (Å²) < 4.78 is 57.6. The van der Waals surface area contributed by atoms with E-state index < -0.39 is 10.0 Å². The lowest BCUT2D eigenvalue weighted by Crippen LogP contribution is -2.14. The van der Waals surface area contributed by atoms with Gasteiger partial charge in [0.1, 0.15) is 22.2 Å². The van der Waals surface area contributed by atoms with Gasteiger partial charge in [0.25, 0.3) is 15.9 Å². The number of nitrogens with zero attached hydrogens (tertiary/aromatic N) is 2. The molecule has 0 saturated heterocycles. The van der Waals surface area contributed by atoms with Crippen LogP contribution in [-0.2, 0) is 10.0 Å². The first kappa shape index (κ1) is 21.8. The number of nitrogens with one attached hydrogen (secondary N) is 1. The summed E-state index contributed by atoms with van der Waals surface area (Å²) in [5.41, 5.74) is 0.824. The summed E-state index contributed by atoms with van der Waals surface area (Å²) in [7, 11) is -1.01. The smallest absolute Gasteiger partial charge is 0.268 e. The Labute approximate surface area is 187 Å². The number of aryl methyl sites for hydroxylation is 1. The van der Waals surface area contributed by atoms with Gasteiger partial charge in [-0.15, -0.1) is 11.3 Å². The molecule has 0 amide bonds. The summed E-state index contributed by atoms with van der Waals surface area (Å²) in [6.45, 7) is 1.68. The number of hydrogen-bond acceptors (Lipinski definition) is 8. The zero-order valence-corrected chi connectivity index (χ0v) is 18.9. The van der Waals surface area contributed by atoms with Crippen LogP contribution in [-0.4, -0.2) is 32.8 Å². The van der Waals surface area contributed by atoms with E-state index >= 15 is 0 Å². The number of anilines is 1. The molecule has 2 aromatic heterocycles. The molecule has 2 heterocycles. The second-order valence-corrected chi connectivity index (χ2v) is 9.54. The zero-order chi connectivity index (χ0) is 22.9. The van der Waals surface area contributed by atoms with Crippen molar-refractivity contribution in [2.75, 3.05) is 18.9 Å². The fraction of sp³-hybridized carbons (Fsp3) is 0.143. The summed E-state index contributed by atoms with van der Waals surface area (Å²) in [6, 6.07) is 11.9. The second-order valence-electron chi connectivity index (χ2n) is 6.63. The number of aromatic nitrogens is 2. The van der Waals surface area contributed by atoms with Gasteiger partial charge < -0.3 is 14.0 Å². The van der Waals surface area contributed by atoms with Gasteiger partial charge in [0.2, 0.25) is 5.82 Å². The maximum Gasteiger partial charge on any atom is 0.268 e. The van der Waals surface area contributed by atoms with Gasteiger partial charge in [0, 0.05) is 16.5 Å². The molecule has 0 fully saturated rings. The van der Waals surface area contributed by atoms with E-state index in [-0.39, 0.29) is 28.1 Å². The predicted octanol–water partition coefficient (Wildman–Crippen LogP) is 4.73. The van der Waals surface area contributed by atoms with Gasteiger partial charge in [-0.25, -0.2) is 12.8 Å². The molecule has 0 radical (unpaired) electrons. The average molecular weight is 476 g/mol. The Morgan fingerprint density at radius 2 is 1.81 bits per heavy atom. The van der Waals surface area contributed by atoms with E-state index in [2.05, 4.69) is 14.9 Å². The predicted molar refractivity (Wildman–Crippen MR) is 118 cm³/mol. The number of benzene rings is 2. The Morgan fingerprint density at radius 1 is 1.06 bits per heavy atom. The first-order valence-corrected chi connectivity index (χ1v) is 11.6. The Balaban J connectivity index is 1.64. The Bertz CT molecular complexity index is 1360. The van der Waals surface area contributed by atoms with Gasteiger partial charge in [-0.3, -0.25) is 4.72 Å². The highest BCUT2D eigenvalue weighted by Gasteiger charge is 2.24. The highest BCUT2D eigenvalue weighted by Crippen LogP contribution is 2.36. The van der Waals surface area contributed by atoms with Gasteiger partial charge in [0.15, 0.2) is 0 Å². The van der Waals surface area contributed by atoms with E-state index in [1.807, 2.05) is 0 Å².